The van der Waals surface area contributed by atoms with Gasteiger partial charge in [0.2, 0.25) is 0 Å². The Morgan fingerprint density at radius 3 is 2.56 bits per heavy atom. The number of hydrogen-bond acceptors (Lipinski definition) is 1. The number of rotatable bonds is 5. The molecule has 0 fully saturated rings. The van der Waals surface area contributed by atoms with Crippen molar-refractivity contribution in [2.24, 2.45) is 0 Å². The second-order valence-corrected chi connectivity index (χ2v) is 5.28. The minimum atomic E-state index is -0.312. The van der Waals surface area contributed by atoms with E-state index in [9.17, 15) is 4.39 Å². The summed E-state index contributed by atoms with van der Waals surface area (Å²) in [6.45, 7) is 0. The van der Waals surface area contributed by atoms with E-state index in [1.807, 2.05) is 36.4 Å². The third-order valence-electron chi connectivity index (χ3n) is 2.79. The minimum absolute atomic E-state index is 0.312. The summed E-state index contributed by atoms with van der Waals surface area (Å²) in [5.74, 6) is 0.664. The zero-order valence-electron chi connectivity index (χ0n) is 10.5. The van der Waals surface area contributed by atoms with Crippen LogP contribution in [0.5, 0.6) is 11.5 Å². The third kappa shape index (κ3) is 3.44. The SMILES string of the molecule is Fc1ccc(CCC[SiH3])cc1Oc1ccccc1. The molecule has 0 unspecified atom stereocenters. The summed E-state index contributed by atoms with van der Waals surface area (Å²) in [5.41, 5.74) is 1.14. The highest BCUT2D eigenvalue weighted by molar-refractivity contribution is 6.08. The van der Waals surface area contributed by atoms with Crippen molar-refractivity contribution < 1.29 is 9.13 Å². The Bertz CT molecular complexity index is 499. The van der Waals surface area contributed by atoms with Crippen molar-refractivity contribution in [2.45, 2.75) is 18.9 Å². The molecule has 0 N–H and O–H groups in total. The maximum absolute atomic E-state index is 13.7. The Balaban J connectivity index is 2.16. The maximum atomic E-state index is 13.7. The second kappa shape index (κ2) is 6.35. The lowest BCUT2D eigenvalue weighted by Crippen LogP contribution is -1.92. The Morgan fingerprint density at radius 1 is 1.06 bits per heavy atom. The number of para-hydroxylation sites is 1. The molecule has 0 spiro atoms. The number of aryl methyl sites for hydroxylation is 1. The molecule has 18 heavy (non-hydrogen) atoms. The summed E-state index contributed by atoms with van der Waals surface area (Å²) in [4.78, 5) is 0. The molecule has 1 nitrogen and oxygen atoms in total. The van der Waals surface area contributed by atoms with Crippen LogP contribution in [-0.2, 0) is 6.42 Å². The Labute approximate surface area is 110 Å². The molecule has 0 aliphatic rings. The molecule has 94 valence electrons. The van der Waals surface area contributed by atoms with Gasteiger partial charge in [-0.3, -0.25) is 0 Å². The monoisotopic (exact) mass is 260 g/mol. The summed E-state index contributed by atoms with van der Waals surface area (Å²) in [7, 11) is 1.22. The quantitative estimate of drug-likeness (QED) is 0.749. The van der Waals surface area contributed by atoms with Gasteiger partial charge in [0.15, 0.2) is 11.6 Å². The Hall–Kier alpha value is -1.61. The smallest absolute Gasteiger partial charge is 0.165 e. The molecule has 2 aromatic carbocycles. The first kappa shape index (κ1) is 12.8. The van der Waals surface area contributed by atoms with Crippen LogP contribution in [0, 0.1) is 5.82 Å². The molecule has 0 atom stereocenters. The van der Waals surface area contributed by atoms with E-state index in [0.29, 0.717) is 11.5 Å². The lowest BCUT2D eigenvalue weighted by molar-refractivity contribution is 0.441. The highest BCUT2D eigenvalue weighted by Crippen LogP contribution is 2.25. The van der Waals surface area contributed by atoms with Crippen molar-refractivity contribution in [2.75, 3.05) is 0 Å². The van der Waals surface area contributed by atoms with Gasteiger partial charge in [-0.05, 0) is 36.2 Å². The van der Waals surface area contributed by atoms with Crippen LogP contribution in [0.3, 0.4) is 0 Å². The van der Waals surface area contributed by atoms with Gasteiger partial charge < -0.3 is 4.74 Å². The van der Waals surface area contributed by atoms with Crippen LogP contribution in [0.25, 0.3) is 0 Å². The average molecular weight is 260 g/mol. The zero-order valence-corrected chi connectivity index (χ0v) is 12.5. The van der Waals surface area contributed by atoms with Gasteiger partial charge in [-0.25, -0.2) is 4.39 Å². The largest absolute Gasteiger partial charge is 0.454 e. The zero-order chi connectivity index (χ0) is 12.8. The molecule has 0 aliphatic heterocycles. The van der Waals surface area contributed by atoms with E-state index >= 15 is 0 Å². The van der Waals surface area contributed by atoms with E-state index in [2.05, 4.69) is 0 Å². The fourth-order valence-corrected chi connectivity index (χ4v) is 2.13. The van der Waals surface area contributed by atoms with Gasteiger partial charge in [-0.15, -0.1) is 0 Å². The van der Waals surface area contributed by atoms with Gasteiger partial charge in [0, 0.05) is 10.2 Å². The molecule has 3 heteroatoms. The van der Waals surface area contributed by atoms with E-state index in [-0.39, 0.29) is 5.82 Å². The highest BCUT2D eigenvalue weighted by Gasteiger charge is 2.06. The predicted molar refractivity (Wildman–Crippen MR) is 76.0 cm³/mol. The second-order valence-electron chi connectivity index (χ2n) is 4.28. The van der Waals surface area contributed by atoms with Crippen LogP contribution in [0.1, 0.15) is 12.0 Å². The highest BCUT2D eigenvalue weighted by atomic mass is 28.1. The molecule has 0 aliphatic carbocycles. The molecule has 0 aromatic heterocycles. The van der Waals surface area contributed by atoms with Crippen molar-refractivity contribution >= 4 is 10.2 Å². The number of benzene rings is 2. The molecule has 0 bridgehead atoms. The molecule has 2 aromatic rings. The summed E-state index contributed by atoms with van der Waals surface area (Å²) < 4.78 is 19.2. The van der Waals surface area contributed by atoms with Gasteiger partial charge in [0.05, 0.1) is 0 Å². The van der Waals surface area contributed by atoms with Gasteiger partial charge in [-0.2, -0.15) is 0 Å². The van der Waals surface area contributed by atoms with Gasteiger partial charge in [-0.1, -0.05) is 36.7 Å². The Morgan fingerprint density at radius 2 is 1.83 bits per heavy atom. The van der Waals surface area contributed by atoms with Crippen molar-refractivity contribution in [1.82, 2.24) is 0 Å². The summed E-state index contributed by atoms with van der Waals surface area (Å²) in [5, 5.41) is 0. The fourth-order valence-electron chi connectivity index (χ4n) is 1.78. The van der Waals surface area contributed by atoms with Crippen molar-refractivity contribution in [3.63, 3.8) is 0 Å². The number of halogens is 1. The lowest BCUT2D eigenvalue weighted by atomic mass is 10.1. The van der Waals surface area contributed by atoms with Gasteiger partial charge in [0.1, 0.15) is 5.75 Å². The topological polar surface area (TPSA) is 9.23 Å². The lowest BCUT2D eigenvalue weighted by Gasteiger charge is -2.08. The molecule has 2 rings (SSSR count). The fraction of sp³-hybridized carbons (Fsp3) is 0.200. The first-order chi connectivity index (χ1) is 8.79. The third-order valence-corrected chi connectivity index (χ3v) is 3.49. The minimum Gasteiger partial charge on any atom is -0.454 e. The first-order valence-corrected chi connectivity index (χ1v) is 7.72. The van der Waals surface area contributed by atoms with E-state index < -0.39 is 0 Å². The van der Waals surface area contributed by atoms with E-state index in [1.54, 1.807) is 6.07 Å². The van der Waals surface area contributed by atoms with Gasteiger partial charge in [0.25, 0.3) is 0 Å². The van der Waals surface area contributed by atoms with E-state index in [4.69, 9.17) is 4.74 Å². The summed E-state index contributed by atoms with van der Waals surface area (Å²) in [6.07, 6.45) is 2.16. The van der Waals surface area contributed by atoms with Crippen LogP contribution in [0.15, 0.2) is 48.5 Å². The Kier molecular flexibility index (Phi) is 4.53. The standard InChI is InChI=1S/C15H17FOSi/c16-14-9-8-12(5-4-10-18)11-15(14)17-13-6-2-1-3-7-13/h1-3,6-9,11H,4-5,10H2,18H3. The molecule has 0 saturated carbocycles. The van der Waals surface area contributed by atoms with Crippen LogP contribution in [0.2, 0.25) is 6.04 Å². The first-order valence-electron chi connectivity index (χ1n) is 6.31. The maximum Gasteiger partial charge on any atom is 0.165 e. The molecular formula is C15H17FOSi. The predicted octanol–water partition coefficient (Wildman–Crippen LogP) is 3.33. The van der Waals surface area contributed by atoms with Crippen molar-refractivity contribution in [3.8, 4) is 11.5 Å². The van der Waals surface area contributed by atoms with Crippen LogP contribution < -0.4 is 4.74 Å². The van der Waals surface area contributed by atoms with Gasteiger partial charge >= 0.3 is 0 Å². The number of hydrogen-bond donors (Lipinski definition) is 0. The van der Waals surface area contributed by atoms with Crippen molar-refractivity contribution in [3.05, 3.63) is 59.9 Å². The molecule has 0 radical (unpaired) electrons. The molecule has 0 saturated heterocycles. The van der Waals surface area contributed by atoms with Crippen molar-refractivity contribution in [1.29, 1.82) is 0 Å². The molecular weight excluding hydrogens is 243 g/mol. The summed E-state index contributed by atoms with van der Waals surface area (Å²) >= 11 is 0. The average Bonchev–Trinajstić information content (AvgIpc) is 2.41. The number of ether oxygens (including phenoxy) is 1. The van der Waals surface area contributed by atoms with Crippen LogP contribution in [-0.4, -0.2) is 10.2 Å². The normalized spacial score (nSPS) is 10.5. The van der Waals surface area contributed by atoms with E-state index in [0.717, 1.165) is 12.0 Å². The summed E-state index contributed by atoms with van der Waals surface area (Å²) in [6, 6.07) is 15.7. The van der Waals surface area contributed by atoms with E-state index in [1.165, 1.54) is 28.8 Å². The molecule has 0 heterocycles. The van der Waals surface area contributed by atoms with Crippen LogP contribution >= 0.6 is 0 Å². The van der Waals surface area contributed by atoms with Crippen LogP contribution in [0.4, 0.5) is 4.39 Å². The molecule has 0 amide bonds.